The van der Waals surface area contributed by atoms with Gasteiger partial charge >= 0.3 is 5.97 Å². The topological polar surface area (TPSA) is 83.6 Å². The van der Waals surface area contributed by atoms with Gasteiger partial charge in [-0.05, 0) is 18.9 Å². The Morgan fingerprint density at radius 3 is 2.47 bits per heavy atom. The molecule has 0 aliphatic heterocycles. The summed E-state index contributed by atoms with van der Waals surface area (Å²) in [6.45, 7) is 2.93. The lowest BCUT2D eigenvalue weighted by Gasteiger charge is -2.23. The number of nitrogens with zero attached hydrogens (tertiary/aromatic N) is 1. The van der Waals surface area contributed by atoms with Gasteiger partial charge < -0.3 is 15.7 Å². The van der Waals surface area contributed by atoms with E-state index >= 15 is 0 Å². The van der Waals surface area contributed by atoms with Crippen molar-refractivity contribution >= 4 is 11.9 Å². The average molecular weight is 264 g/mol. The van der Waals surface area contributed by atoms with Gasteiger partial charge in [0.25, 0.3) is 0 Å². The molecule has 0 bridgehead atoms. The highest BCUT2D eigenvalue weighted by atomic mass is 16.4. The predicted octanol–water partition coefficient (Wildman–Crippen LogP) is 0.880. The molecule has 1 rings (SSSR count). The van der Waals surface area contributed by atoms with Crippen molar-refractivity contribution in [1.29, 1.82) is 0 Å². The maximum atomic E-state index is 12.0. The van der Waals surface area contributed by atoms with Crippen molar-refractivity contribution in [3.63, 3.8) is 0 Å². The van der Waals surface area contributed by atoms with E-state index in [-0.39, 0.29) is 12.3 Å². The number of rotatable bonds is 7. The summed E-state index contributed by atoms with van der Waals surface area (Å²) in [5.41, 5.74) is 6.73. The molecule has 0 aliphatic rings. The SMILES string of the molecule is CCN(CCc1ccccc1)C(=O)C(N)CC(=O)O. The van der Waals surface area contributed by atoms with E-state index in [9.17, 15) is 9.59 Å². The highest BCUT2D eigenvalue weighted by molar-refractivity contribution is 5.85. The van der Waals surface area contributed by atoms with E-state index in [1.54, 1.807) is 4.90 Å². The van der Waals surface area contributed by atoms with Crippen LogP contribution in [-0.4, -0.2) is 41.0 Å². The van der Waals surface area contributed by atoms with Gasteiger partial charge in [-0.2, -0.15) is 0 Å². The third-order valence-electron chi connectivity index (χ3n) is 2.92. The van der Waals surface area contributed by atoms with Crippen molar-refractivity contribution in [2.75, 3.05) is 13.1 Å². The summed E-state index contributed by atoms with van der Waals surface area (Å²) < 4.78 is 0. The number of carbonyl (C=O) groups excluding carboxylic acids is 1. The quantitative estimate of drug-likeness (QED) is 0.765. The maximum absolute atomic E-state index is 12.0. The average Bonchev–Trinajstić information content (AvgIpc) is 2.39. The molecule has 0 aliphatic carbocycles. The molecule has 0 aromatic heterocycles. The Morgan fingerprint density at radius 1 is 1.32 bits per heavy atom. The summed E-state index contributed by atoms with van der Waals surface area (Å²) >= 11 is 0. The zero-order chi connectivity index (χ0) is 14.3. The number of hydrogen-bond donors (Lipinski definition) is 2. The molecule has 0 radical (unpaired) electrons. The van der Waals surface area contributed by atoms with E-state index in [1.807, 2.05) is 37.3 Å². The van der Waals surface area contributed by atoms with Gasteiger partial charge in [-0.3, -0.25) is 9.59 Å². The van der Waals surface area contributed by atoms with Gasteiger partial charge in [-0.25, -0.2) is 0 Å². The predicted molar refractivity (Wildman–Crippen MR) is 72.6 cm³/mol. The number of aliphatic carboxylic acids is 1. The van der Waals surface area contributed by atoms with Gasteiger partial charge in [0.2, 0.25) is 5.91 Å². The summed E-state index contributed by atoms with van der Waals surface area (Å²) in [5, 5.41) is 8.64. The van der Waals surface area contributed by atoms with Crippen molar-refractivity contribution in [2.24, 2.45) is 5.73 Å². The van der Waals surface area contributed by atoms with Crippen LogP contribution in [0.25, 0.3) is 0 Å². The molecule has 5 nitrogen and oxygen atoms in total. The van der Waals surface area contributed by atoms with E-state index in [0.29, 0.717) is 13.1 Å². The van der Waals surface area contributed by atoms with E-state index in [4.69, 9.17) is 10.8 Å². The molecule has 0 spiro atoms. The molecular formula is C14H20N2O3. The Kier molecular flexibility index (Phi) is 6.02. The van der Waals surface area contributed by atoms with Gasteiger partial charge in [0, 0.05) is 13.1 Å². The first-order chi connectivity index (χ1) is 9.04. The van der Waals surface area contributed by atoms with Crippen molar-refractivity contribution in [2.45, 2.75) is 25.8 Å². The molecule has 1 unspecified atom stereocenters. The van der Waals surface area contributed by atoms with Gasteiger partial charge in [0.1, 0.15) is 0 Å². The second-order valence-corrected chi connectivity index (χ2v) is 4.36. The molecule has 0 saturated heterocycles. The van der Waals surface area contributed by atoms with Crippen LogP contribution in [0.2, 0.25) is 0 Å². The summed E-state index contributed by atoms with van der Waals surface area (Å²) in [6, 6.07) is 8.86. The van der Waals surface area contributed by atoms with Gasteiger partial charge in [0.05, 0.1) is 12.5 Å². The van der Waals surface area contributed by atoms with Gasteiger partial charge in [-0.1, -0.05) is 30.3 Å². The fourth-order valence-electron chi connectivity index (χ4n) is 1.84. The standard InChI is InChI=1S/C14H20N2O3/c1-2-16(14(19)12(15)10-13(17)18)9-8-11-6-4-3-5-7-11/h3-7,12H,2,8-10,15H2,1H3,(H,17,18). The second kappa shape index (κ2) is 7.53. The normalized spacial score (nSPS) is 11.9. The smallest absolute Gasteiger partial charge is 0.305 e. The molecular weight excluding hydrogens is 244 g/mol. The van der Waals surface area contributed by atoms with Crippen molar-refractivity contribution in [3.05, 3.63) is 35.9 Å². The van der Waals surface area contributed by atoms with Crippen LogP contribution < -0.4 is 5.73 Å². The van der Waals surface area contributed by atoms with E-state index in [0.717, 1.165) is 12.0 Å². The Balaban J connectivity index is 2.53. The lowest BCUT2D eigenvalue weighted by atomic mass is 10.1. The van der Waals surface area contributed by atoms with Crippen molar-refractivity contribution in [1.82, 2.24) is 4.90 Å². The van der Waals surface area contributed by atoms with E-state index in [2.05, 4.69) is 0 Å². The number of amides is 1. The molecule has 19 heavy (non-hydrogen) atoms. The monoisotopic (exact) mass is 264 g/mol. The minimum atomic E-state index is -1.06. The number of likely N-dealkylation sites (N-methyl/N-ethyl adjacent to an activating group) is 1. The molecule has 0 fully saturated rings. The second-order valence-electron chi connectivity index (χ2n) is 4.36. The van der Waals surface area contributed by atoms with Crippen LogP contribution in [0.4, 0.5) is 0 Å². The zero-order valence-electron chi connectivity index (χ0n) is 11.1. The van der Waals surface area contributed by atoms with E-state index in [1.165, 1.54) is 0 Å². The first-order valence-electron chi connectivity index (χ1n) is 6.34. The molecule has 3 N–H and O–H groups in total. The van der Waals surface area contributed by atoms with Crippen LogP contribution in [0.3, 0.4) is 0 Å². The first kappa shape index (κ1) is 15.2. The molecule has 1 aromatic carbocycles. The van der Waals surface area contributed by atoms with Crippen molar-refractivity contribution < 1.29 is 14.7 Å². The minimum Gasteiger partial charge on any atom is -0.481 e. The lowest BCUT2D eigenvalue weighted by molar-refractivity contribution is -0.141. The molecule has 5 heteroatoms. The molecule has 0 saturated carbocycles. The zero-order valence-corrected chi connectivity index (χ0v) is 11.1. The largest absolute Gasteiger partial charge is 0.481 e. The third-order valence-corrected chi connectivity index (χ3v) is 2.92. The number of nitrogens with two attached hydrogens (primary N) is 1. The summed E-state index contributed by atoms with van der Waals surface area (Å²) in [4.78, 5) is 24.1. The van der Waals surface area contributed by atoms with Crippen LogP contribution in [0.5, 0.6) is 0 Å². The Bertz CT molecular complexity index is 420. The van der Waals surface area contributed by atoms with Crippen molar-refractivity contribution in [3.8, 4) is 0 Å². The van der Waals surface area contributed by atoms with Crippen LogP contribution in [0.15, 0.2) is 30.3 Å². The highest BCUT2D eigenvalue weighted by Gasteiger charge is 2.21. The van der Waals surface area contributed by atoms with Crippen LogP contribution in [0, 0.1) is 0 Å². The number of benzene rings is 1. The summed E-state index contributed by atoms with van der Waals surface area (Å²) in [6.07, 6.45) is 0.404. The Hall–Kier alpha value is -1.88. The third kappa shape index (κ3) is 5.09. The van der Waals surface area contributed by atoms with Crippen LogP contribution in [-0.2, 0) is 16.0 Å². The Labute approximate surface area is 113 Å². The number of carboxylic acids is 1. The maximum Gasteiger partial charge on any atom is 0.305 e. The molecule has 104 valence electrons. The van der Waals surface area contributed by atoms with Gasteiger partial charge in [-0.15, -0.1) is 0 Å². The summed E-state index contributed by atoms with van der Waals surface area (Å²) in [5.74, 6) is -1.36. The fraction of sp³-hybridized carbons (Fsp3) is 0.429. The van der Waals surface area contributed by atoms with E-state index < -0.39 is 12.0 Å². The van der Waals surface area contributed by atoms with Gasteiger partial charge in [0.15, 0.2) is 0 Å². The summed E-state index contributed by atoms with van der Waals surface area (Å²) in [7, 11) is 0. The number of carboxylic acid groups (broad SMARTS) is 1. The fourth-order valence-corrected chi connectivity index (χ4v) is 1.84. The molecule has 0 heterocycles. The first-order valence-corrected chi connectivity index (χ1v) is 6.34. The number of hydrogen-bond acceptors (Lipinski definition) is 3. The lowest BCUT2D eigenvalue weighted by Crippen LogP contribution is -2.45. The van der Waals surface area contributed by atoms with Crippen LogP contribution >= 0.6 is 0 Å². The Morgan fingerprint density at radius 2 is 1.95 bits per heavy atom. The highest BCUT2D eigenvalue weighted by Crippen LogP contribution is 2.04. The molecule has 1 amide bonds. The molecule has 1 aromatic rings. The molecule has 1 atom stereocenters. The number of carbonyl (C=O) groups is 2. The van der Waals surface area contributed by atoms with Crippen LogP contribution in [0.1, 0.15) is 18.9 Å². The minimum absolute atomic E-state index is 0.305.